The van der Waals surface area contributed by atoms with Crippen LogP contribution < -0.4 is 20.1 Å². The van der Waals surface area contributed by atoms with Gasteiger partial charge in [0.1, 0.15) is 23.6 Å². The van der Waals surface area contributed by atoms with E-state index in [2.05, 4.69) is 20.6 Å². The zero-order valence-corrected chi connectivity index (χ0v) is 36.8. The van der Waals surface area contributed by atoms with Crippen molar-refractivity contribution in [1.29, 1.82) is 0 Å². The second kappa shape index (κ2) is 19.6. The molecule has 0 bridgehead atoms. The molecule has 8 rings (SSSR count). The van der Waals surface area contributed by atoms with Crippen LogP contribution in [0.2, 0.25) is 20.1 Å². The molecule has 12 nitrogen and oxygen atoms in total. The summed E-state index contributed by atoms with van der Waals surface area (Å²) in [5.41, 5.74) is 5.08. The summed E-state index contributed by atoms with van der Waals surface area (Å²) in [6, 6.07) is 31.7. The minimum absolute atomic E-state index is 0.255. The Bertz CT molecular complexity index is 3020. The zero-order chi connectivity index (χ0) is 44.8. The highest BCUT2D eigenvalue weighted by Crippen LogP contribution is 2.33. The average Bonchev–Trinajstić information content (AvgIpc) is 3.77. The number of aromatic nitrogens is 4. The van der Waals surface area contributed by atoms with Gasteiger partial charge in [-0.1, -0.05) is 70.7 Å². The van der Waals surface area contributed by atoms with Crippen LogP contribution >= 0.6 is 46.4 Å². The number of Topliss-reactive ketones (excluding diaryl/α,β-unsaturated/α-hetero) is 2. The van der Waals surface area contributed by atoms with E-state index in [-0.39, 0.29) is 11.4 Å². The fourth-order valence-electron chi connectivity index (χ4n) is 6.93. The average molecular weight is 923 g/mol. The lowest BCUT2D eigenvalue weighted by molar-refractivity contribution is -0.113. The number of anilines is 2. The Morgan fingerprint density at radius 2 is 1.33 bits per heavy atom. The van der Waals surface area contributed by atoms with Crippen molar-refractivity contribution in [2.45, 2.75) is 20.0 Å². The summed E-state index contributed by atoms with van der Waals surface area (Å²) >= 11 is 24.4. The van der Waals surface area contributed by atoms with Crippen molar-refractivity contribution in [2.75, 3.05) is 24.9 Å². The molecule has 3 aromatic heterocycles. The van der Waals surface area contributed by atoms with Gasteiger partial charge in [-0.05, 0) is 103 Å². The molecule has 0 spiro atoms. The van der Waals surface area contributed by atoms with Crippen molar-refractivity contribution in [3.63, 3.8) is 0 Å². The molecule has 3 heterocycles. The summed E-state index contributed by atoms with van der Waals surface area (Å²) in [7, 11) is 3.10. The van der Waals surface area contributed by atoms with Gasteiger partial charge < -0.3 is 29.2 Å². The van der Waals surface area contributed by atoms with Gasteiger partial charge in [-0.15, -0.1) is 0 Å². The van der Waals surface area contributed by atoms with E-state index in [1.165, 1.54) is 18.6 Å². The van der Waals surface area contributed by atoms with E-state index in [4.69, 9.17) is 55.9 Å². The number of rotatable bonds is 12. The normalized spacial score (nSPS) is 10.8. The number of halogens is 4. The summed E-state index contributed by atoms with van der Waals surface area (Å²) in [6.45, 7) is 2.71. The third-order valence-electron chi connectivity index (χ3n) is 10.0. The highest BCUT2D eigenvalue weighted by molar-refractivity contribution is 6.49. The van der Waals surface area contributed by atoms with Crippen molar-refractivity contribution in [3.05, 3.63) is 176 Å². The summed E-state index contributed by atoms with van der Waals surface area (Å²) in [4.78, 5) is 59.4. The number of ketones is 2. The van der Waals surface area contributed by atoms with Crippen LogP contribution in [-0.2, 0) is 22.7 Å². The molecular formula is C47H36Cl4N6O6. The van der Waals surface area contributed by atoms with Gasteiger partial charge in [0, 0.05) is 78.8 Å². The Morgan fingerprint density at radius 1 is 0.667 bits per heavy atom. The molecule has 2 N–H and O–H groups in total. The quantitative estimate of drug-likeness (QED) is 0.0910. The Morgan fingerprint density at radius 3 is 2.00 bits per heavy atom. The number of nitrogens with one attached hydrogen (secondary N) is 2. The van der Waals surface area contributed by atoms with Gasteiger partial charge in [0.2, 0.25) is 0 Å². The highest BCUT2D eigenvalue weighted by Gasteiger charge is 2.27. The van der Waals surface area contributed by atoms with E-state index in [9.17, 15) is 19.2 Å². The monoisotopic (exact) mass is 920 g/mol. The number of ether oxygens (including phenoxy) is 2. The van der Waals surface area contributed by atoms with E-state index in [0.717, 1.165) is 22.2 Å². The number of nitrogens with zero attached hydrogens (tertiary/aromatic N) is 4. The first-order chi connectivity index (χ1) is 30.3. The maximum Gasteiger partial charge on any atom is 0.298 e. The molecule has 0 aliphatic rings. The van der Waals surface area contributed by atoms with Gasteiger partial charge in [-0.25, -0.2) is 9.97 Å². The van der Waals surface area contributed by atoms with Crippen LogP contribution in [0.25, 0.3) is 21.8 Å². The minimum atomic E-state index is -0.776. The number of hydrogen-bond acceptors (Lipinski definition) is 8. The number of fused-ring (bicyclic) bond motifs is 2. The number of methoxy groups -OCH3 is 2. The summed E-state index contributed by atoms with van der Waals surface area (Å²) < 4.78 is 14.5. The SMILES string of the molecule is COc1ccc2c(c1)c(C(=O)C(=O)Nc1cccc(Cl)c1)c(C)n2Cc1ccc(Cl)cc1Cl.COc1ccc2c(c1)c(C(=O)C(=O)Nc1ccncn1)cn2Cc1ccc(Cl)cc1. The van der Waals surface area contributed by atoms with Crippen LogP contribution in [0.15, 0.2) is 128 Å². The molecule has 8 aromatic rings. The van der Waals surface area contributed by atoms with Crippen LogP contribution in [0.4, 0.5) is 11.5 Å². The molecule has 0 saturated heterocycles. The molecule has 0 unspecified atom stereocenters. The van der Waals surface area contributed by atoms with Crippen LogP contribution in [0.5, 0.6) is 11.5 Å². The molecule has 0 radical (unpaired) electrons. The number of amides is 2. The molecule has 0 aliphatic carbocycles. The smallest absolute Gasteiger partial charge is 0.298 e. The maximum atomic E-state index is 13.3. The second-order valence-electron chi connectivity index (χ2n) is 14.0. The van der Waals surface area contributed by atoms with Crippen molar-refractivity contribution < 1.29 is 28.7 Å². The second-order valence-corrected chi connectivity index (χ2v) is 15.7. The number of carbonyl (C=O) groups excluding carboxylic acids is 4. The van der Waals surface area contributed by atoms with Gasteiger partial charge in [-0.3, -0.25) is 19.2 Å². The third kappa shape index (κ3) is 10.2. The first kappa shape index (κ1) is 44.4. The molecule has 5 aromatic carbocycles. The Balaban J connectivity index is 0.000000190. The van der Waals surface area contributed by atoms with Crippen LogP contribution in [-0.4, -0.2) is 56.7 Å². The van der Waals surface area contributed by atoms with Crippen LogP contribution in [0.3, 0.4) is 0 Å². The molecule has 0 fully saturated rings. The van der Waals surface area contributed by atoms with Crippen molar-refractivity contribution >= 4 is 103 Å². The topological polar surface area (TPSA) is 146 Å². The van der Waals surface area contributed by atoms with E-state index in [1.54, 1.807) is 75.9 Å². The van der Waals surface area contributed by atoms with E-state index in [0.29, 0.717) is 72.4 Å². The summed E-state index contributed by atoms with van der Waals surface area (Å²) in [5.74, 6) is -1.43. The summed E-state index contributed by atoms with van der Waals surface area (Å²) in [5, 5.41) is 8.54. The predicted molar refractivity (Wildman–Crippen MR) is 247 cm³/mol. The largest absolute Gasteiger partial charge is 0.497 e. The van der Waals surface area contributed by atoms with Gasteiger partial charge in [0.05, 0.1) is 25.3 Å². The third-order valence-corrected chi connectivity index (χ3v) is 11.1. The van der Waals surface area contributed by atoms with Crippen LogP contribution in [0.1, 0.15) is 37.5 Å². The number of benzene rings is 5. The van der Waals surface area contributed by atoms with E-state index < -0.39 is 23.4 Å². The minimum Gasteiger partial charge on any atom is -0.497 e. The lowest BCUT2D eigenvalue weighted by Crippen LogP contribution is -2.23. The highest BCUT2D eigenvalue weighted by atomic mass is 35.5. The lowest BCUT2D eigenvalue weighted by atomic mass is 10.1. The first-order valence-electron chi connectivity index (χ1n) is 19.1. The zero-order valence-electron chi connectivity index (χ0n) is 33.8. The van der Waals surface area contributed by atoms with E-state index in [1.807, 2.05) is 63.7 Å². The molecule has 2 amide bonds. The molecule has 0 aliphatic heterocycles. The van der Waals surface area contributed by atoms with Crippen molar-refractivity contribution in [3.8, 4) is 11.5 Å². The number of carbonyl (C=O) groups is 4. The summed E-state index contributed by atoms with van der Waals surface area (Å²) in [6.07, 6.45) is 4.46. The molecule has 318 valence electrons. The molecule has 63 heavy (non-hydrogen) atoms. The fraction of sp³-hybridized carbons (Fsp3) is 0.106. The van der Waals surface area contributed by atoms with Crippen molar-refractivity contribution in [2.24, 2.45) is 0 Å². The Kier molecular flexibility index (Phi) is 13.8. The Labute approximate surface area is 381 Å². The van der Waals surface area contributed by atoms with E-state index >= 15 is 0 Å². The van der Waals surface area contributed by atoms with Gasteiger partial charge in [0.25, 0.3) is 23.4 Å². The molecular weight excluding hydrogens is 886 g/mol. The maximum absolute atomic E-state index is 13.3. The lowest BCUT2D eigenvalue weighted by Gasteiger charge is -2.11. The van der Waals surface area contributed by atoms with Crippen molar-refractivity contribution in [1.82, 2.24) is 19.1 Å². The number of hydrogen-bond donors (Lipinski definition) is 2. The molecule has 0 saturated carbocycles. The van der Waals surface area contributed by atoms with Gasteiger partial charge in [0.15, 0.2) is 0 Å². The predicted octanol–water partition coefficient (Wildman–Crippen LogP) is 10.8. The fourth-order valence-corrected chi connectivity index (χ4v) is 7.71. The molecule has 0 atom stereocenters. The molecule has 16 heteroatoms. The van der Waals surface area contributed by atoms with Gasteiger partial charge in [-0.2, -0.15) is 0 Å². The Hall–Kier alpha value is -6.70. The van der Waals surface area contributed by atoms with Crippen LogP contribution in [0, 0.1) is 6.92 Å². The van der Waals surface area contributed by atoms with Gasteiger partial charge >= 0.3 is 0 Å². The standard InChI is InChI=1S/C25H19Cl3N2O3.C22H17ClN4O3/c1-14-23(24(31)25(32)29-18-5-3-4-16(26)10-18)20-12-19(33-2)8-9-22(20)30(14)13-15-6-7-17(27)11-21(15)28;1-30-16-6-7-19-17(10-16)18(12-27(19)11-14-2-4-15(23)5-3-14)21(28)22(29)26-20-8-9-24-13-25-20/h3-12H,13H2,1-2H3,(H,29,32);2-10,12-13H,11H2,1H3,(H,24,25,26,29). The first-order valence-corrected chi connectivity index (χ1v) is 20.6.